The predicted molar refractivity (Wildman–Crippen MR) is 97.9 cm³/mol. The van der Waals surface area contributed by atoms with E-state index >= 15 is 0 Å². The molecule has 1 saturated heterocycles. The van der Waals surface area contributed by atoms with E-state index in [1.807, 2.05) is 6.92 Å². The molecule has 2 amide bonds. The summed E-state index contributed by atoms with van der Waals surface area (Å²) in [4.78, 5) is 39.4. The number of aromatic nitrogens is 2. The summed E-state index contributed by atoms with van der Waals surface area (Å²) >= 11 is 0. The average Bonchev–Trinajstić information content (AvgIpc) is 2.97. The van der Waals surface area contributed by atoms with Crippen LogP contribution < -0.4 is 4.90 Å². The number of carboxylic acid groups (broad SMARTS) is 1. The first kappa shape index (κ1) is 20.0. The van der Waals surface area contributed by atoms with Gasteiger partial charge in [0.2, 0.25) is 0 Å². The van der Waals surface area contributed by atoms with Crippen molar-refractivity contribution in [3.8, 4) is 0 Å². The SMILES string of the molecule is C[C@H]1Cn2ncc(N3CC(C)(C(=O)O)COC3=O)c2CN1C(=O)OC(C)(C)C. The molecule has 154 valence electrons. The number of aliphatic carboxylic acids is 1. The lowest BCUT2D eigenvalue weighted by molar-refractivity contribution is -0.150. The van der Waals surface area contributed by atoms with Gasteiger partial charge >= 0.3 is 18.2 Å². The van der Waals surface area contributed by atoms with Gasteiger partial charge in [0, 0.05) is 6.54 Å². The zero-order valence-electron chi connectivity index (χ0n) is 16.8. The number of ether oxygens (including phenoxy) is 2. The van der Waals surface area contributed by atoms with Crippen molar-refractivity contribution in [2.24, 2.45) is 5.41 Å². The molecule has 2 aliphatic heterocycles. The van der Waals surface area contributed by atoms with Gasteiger partial charge in [-0.1, -0.05) is 0 Å². The van der Waals surface area contributed by atoms with E-state index in [1.54, 1.807) is 30.4 Å². The number of hydrogen-bond donors (Lipinski definition) is 1. The highest BCUT2D eigenvalue weighted by molar-refractivity contribution is 5.91. The quantitative estimate of drug-likeness (QED) is 0.816. The Bertz CT molecular complexity index is 813. The molecule has 1 fully saturated rings. The van der Waals surface area contributed by atoms with Gasteiger partial charge in [-0.05, 0) is 34.6 Å². The van der Waals surface area contributed by atoms with Crippen LogP contribution in [0.2, 0.25) is 0 Å². The maximum atomic E-state index is 12.6. The molecule has 1 aromatic rings. The van der Waals surface area contributed by atoms with Gasteiger partial charge in [0.05, 0.1) is 36.7 Å². The van der Waals surface area contributed by atoms with Crippen molar-refractivity contribution in [2.75, 3.05) is 18.1 Å². The highest BCUT2D eigenvalue weighted by Gasteiger charge is 2.45. The number of rotatable bonds is 2. The van der Waals surface area contributed by atoms with Crippen LogP contribution in [0.3, 0.4) is 0 Å². The summed E-state index contributed by atoms with van der Waals surface area (Å²) in [6.07, 6.45) is 0.433. The minimum atomic E-state index is -1.23. The molecule has 0 aromatic carbocycles. The second kappa shape index (κ2) is 6.68. The topological polar surface area (TPSA) is 114 Å². The molecule has 10 heteroatoms. The average molecular weight is 394 g/mol. The molecule has 0 aliphatic carbocycles. The lowest BCUT2D eigenvalue weighted by Crippen LogP contribution is -2.53. The molecule has 1 unspecified atom stereocenters. The van der Waals surface area contributed by atoms with E-state index in [0.717, 1.165) is 0 Å². The van der Waals surface area contributed by atoms with Gasteiger partial charge < -0.3 is 14.6 Å². The zero-order valence-corrected chi connectivity index (χ0v) is 16.8. The Balaban J connectivity index is 1.89. The van der Waals surface area contributed by atoms with Gasteiger partial charge in [-0.15, -0.1) is 0 Å². The summed E-state index contributed by atoms with van der Waals surface area (Å²) < 4.78 is 12.3. The molecule has 2 atom stereocenters. The monoisotopic (exact) mass is 394 g/mol. The minimum Gasteiger partial charge on any atom is -0.481 e. The Morgan fingerprint density at radius 3 is 2.68 bits per heavy atom. The standard InChI is InChI=1S/C18H26N4O6/c1-11-7-22-13(8-20(11)16(26)28-17(2,3)4)12(6-19-22)21-9-18(5,14(23)24)10-27-15(21)25/h6,11H,7-10H2,1-5H3,(H,23,24)/t11-,18?/m0/s1. The summed E-state index contributed by atoms with van der Waals surface area (Å²) in [6.45, 7) is 9.21. The van der Waals surface area contributed by atoms with Crippen LogP contribution in [-0.4, -0.2) is 62.7 Å². The Morgan fingerprint density at radius 1 is 1.39 bits per heavy atom. The van der Waals surface area contributed by atoms with Crippen molar-refractivity contribution in [3.05, 3.63) is 11.9 Å². The maximum absolute atomic E-state index is 12.6. The predicted octanol–water partition coefficient (Wildman–Crippen LogP) is 2.07. The summed E-state index contributed by atoms with van der Waals surface area (Å²) in [5, 5.41) is 13.8. The molecular formula is C18H26N4O6. The number of fused-ring (bicyclic) bond motifs is 1. The number of cyclic esters (lactones) is 1. The number of hydrogen-bond acceptors (Lipinski definition) is 6. The molecule has 0 saturated carbocycles. The van der Waals surface area contributed by atoms with Gasteiger partial charge in [-0.25, -0.2) is 9.59 Å². The lowest BCUT2D eigenvalue weighted by atomic mass is 9.90. The van der Waals surface area contributed by atoms with Gasteiger partial charge in [0.25, 0.3) is 0 Å². The highest BCUT2D eigenvalue weighted by Crippen LogP contribution is 2.33. The third-order valence-electron chi connectivity index (χ3n) is 4.89. The van der Waals surface area contributed by atoms with Gasteiger partial charge in [-0.3, -0.25) is 19.3 Å². The number of nitrogens with zero attached hydrogens (tertiary/aromatic N) is 4. The molecule has 1 N–H and O–H groups in total. The van der Waals surface area contributed by atoms with Crippen LogP contribution in [0, 0.1) is 5.41 Å². The summed E-state index contributed by atoms with van der Waals surface area (Å²) in [5.74, 6) is -1.05. The van der Waals surface area contributed by atoms with E-state index in [2.05, 4.69) is 5.10 Å². The maximum Gasteiger partial charge on any atom is 0.414 e. The normalized spacial score (nSPS) is 25.2. The number of carboxylic acids is 1. The van der Waals surface area contributed by atoms with Crippen LogP contribution >= 0.6 is 0 Å². The van der Waals surface area contributed by atoms with E-state index in [9.17, 15) is 19.5 Å². The molecular weight excluding hydrogens is 368 g/mol. The second-order valence-electron chi connectivity index (χ2n) is 8.62. The van der Waals surface area contributed by atoms with Crippen LogP contribution in [0.4, 0.5) is 15.3 Å². The van der Waals surface area contributed by atoms with Crippen LogP contribution in [0.5, 0.6) is 0 Å². The van der Waals surface area contributed by atoms with Crippen LogP contribution in [-0.2, 0) is 27.4 Å². The molecule has 1 aromatic heterocycles. The molecule has 2 aliphatic rings. The van der Waals surface area contributed by atoms with Gasteiger partial charge in [0.1, 0.15) is 17.6 Å². The van der Waals surface area contributed by atoms with E-state index in [-0.39, 0.29) is 25.7 Å². The Morgan fingerprint density at radius 2 is 2.07 bits per heavy atom. The Hall–Kier alpha value is -2.78. The number of amides is 2. The molecule has 3 heterocycles. The van der Waals surface area contributed by atoms with Crippen molar-refractivity contribution < 1.29 is 29.0 Å². The summed E-state index contributed by atoms with van der Waals surface area (Å²) in [7, 11) is 0. The van der Waals surface area contributed by atoms with Gasteiger partial charge in [0.15, 0.2) is 0 Å². The summed E-state index contributed by atoms with van der Waals surface area (Å²) in [6, 6.07) is -0.146. The molecule has 3 rings (SSSR count). The smallest absolute Gasteiger partial charge is 0.414 e. The lowest BCUT2D eigenvalue weighted by Gasteiger charge is -2.38. The van der Waals surface area contributed by atoms with Crippen LogP contribution in [0.25, 0.3) is 0 Å². The van der Waals surface area contributed by atoms with Crippen molar-refractivity contribution >= 4 is 23.8 Å². The third-order valence-corrected chi connectivity index (χ3v) is 4.89. The fraction of sp³-hybridized carbons (Fsp3) is 0.667. The van der Waals surface area contributed by atoms with E-state index in [1.165, 1.54) is 18.0 Å². The Kier molecular flexibility index (Phi) is 4.76. The van der Waals surface area contributed by atoms with Crippen LogP contribution in [0.15, 0.2) is 6.20 Å². The highest BCUT2D eigenvalue weighted by atomic mass is 16.6. The zero-order chi connectivity index (χ0) is 20.9. The first-order valence-electron chi connectivity index (χ1n) is 9.13. The number of carbonyl (C=O) groups is 3. The molecule has 0 spiro atoms. The largest absolute Gasteiger partial charge is 0.481 e. The fourth-order valence-electron chi connectivity index (χ4n) is 3.25. The molecule has 0 radical (unpaired) electrons. The first-order chi connectivity index (χ1) is 12.9. The third kappa shape index (κ3) is 3.63. The van der Waals surface area contributed by atoms with Crippen molar-refractivity contribution in [3.63, 3.8) is 0 Å². The molecule has 28 heavy (non-hydrogen) atoms. The van der Waals surface area contributed by atoms with Crippen molar-refractivity contribution in [1.29, 1.82) is 0 Å². The van der Waals surface area contributed by atoms with Crippen molar-refractivity contribution in [1.82, 2.24) is 14.7 Å². The Labute approximate surface area is 163 Å². The van der Waals surface area contributed by atoms with E-state index < -0.39 is 29.2 Å². The summed E-state index contributed by atoms with van der Waals surface area (Å²) in [5.41, 5.74) is -0.777. The van der Waals surface area contributed by atoms with Crippen LogP contribution in [0.1, 0.15) is 40.3 Å². The first-order valence-corrected chi connectivity index (χ1v) is 9.13. The fourth-order valence-corrected chi connectivity index (χ4v) is 3.25. The molecule has 10 nitrogen and oxygen atoms in total. The van der Waals surface area contributed by atoms with Crippen molar-refractivity contribution in [2.45, 2.75) is 59.4 Å². The molecule has 0 bridgehead atoms. The van der Waals surface area contributed by atoms with Gasteiger partial charge in [-0.2, -0.15) is 5.10 Å². The van der Waals surface area contributed by atoms with E-state index in [4.69, 9.17) is 9.47 Å². The number of anilines is 1. The van der Waals surface area contributed by atoms with E-state index in [0.29, 0.717) is 17.9 Å². The second-order valence-corrected chi connectivity index (χ2v) is 8.62. The minimum absolute atomic E-state index is 0.0398. The number of carbonyl (C=O) groups excluding carboxylic acids is 2.